The third-order valence-corrected chi connectivity index (χ3v) is 2.51. The third kappa shape index (κ3) is 2.56. The minimum absolute atomic E-state index is 0.672. The molecule has 0 fully saturated rings. The lowest BCUT2D eigenvalue weighted by Gasteiger charge is -2.09. The Bertz CT molecular complexity index is 266. The molecular weight excluding hydrogens is 158 g/mol. The molecule has 0 spiro atoms. The molecule has 0 saturated carbocycles. The highest BCUT2D eigenvalue weighted by Gasteiger charge is 2.02. The van der Waals surface area contributed by atoms with Gasteiger partial charge in [-0.1, -0.05) is 31.5 Å². The van der Waals surface area contributed by atoms with Crippen molar-refractivity contribution in [3.05, 3.63) is 34.9 Å². The molecule has 13 heavy (non-hydrogen) atoms. The highest BCUT2D eigenvalue weighted by atomic mass is 14.5. The van der Waals surface area contributed by atoms with Crippen LogP contribution in [0.15, 0.2) is 18.2 Å². The van der Waals surface area contributed by atoms with Crippen molar-refractivity contribution in [1.29, 1.82) is 0 Å². The zero-order valence-corrected chi connectivity index (χ0v) is 8.64. The predicted molar refractivity (Wildman–Crippen MR) is 57.7 cm³/mol. The zero-order chi connectivity index (χ0) is 9.68. The lowest BCUT2D eigenvalue weighted by atomic mass is 9.98. The van der Waals surface area contributed by atoms with E-state index >= 15 is 0 Å². The molecule has 1 nitrogen and oxygen atoms in total. The topological polar surface area (TPSA) is 26.0 Å². The van der Waals surface area contributed by atoms with Gasteiger partial charge in [0.25, 0.3) is 0 Å². The third-order valence-electron chi connectivity index (χ3n) is 2.51. The summed E-state index contributed by atoms with van der Waals surface area (Å²) in [5.41, 5.74) is 9.83. The lowest BCUT2D eigenvalue weighted by molar-refractivity contribution is 0.784. The maximum Gasteiger partial charge on any atom is 0.0183 e. The fourth-order valence-electron chi connectivity index (χ4n) is 1.66. The first-order chi connectivity index (χ1) is 6.29. The van der Waals surface area contributed by atoms with E-state index in [-0.39, 0.29) is 0 Å². The number of nitrogens with two attached hydrogens (primary N) is 1. The Kier molecular flexibility index (Phi) is 3.97. The summed E-state index contributed by atoms with van der Waals surface area (Å²) in [6.07, 6.45) is 3.68. The largest absolute Gasteiger partial charge is 0.326 e. The summed E-state index contributed by atoms with van der Waals surface area (Å²) in [6, 6.07) is 6.46. The van der Waals surface area contributed by atoms with Crippen LogP contribution < -0.4 is 5.73 Å². The van der Waals surface area contributed by atoms with Crippen LogP contribution >= 0.6 is 0 Å². The molecule has 0 unspecified atom stereocenters. The summed E-state index contributed by atoms with van der Waals surface area (Å²) in [5.74, 6) is 0. The number of rotatable bonds is 4. The zero-order valence-electron chi connectivity index (χ0n) is 8.64. The van der Waals surface area contributed by atoms with Crippen LogP contribution in [0.5, 0.6) is 0 Å². The maximum atomic E-state index is 5.72. The summed E-state index contributed by atoms with van der Waals surface area (Å²) in [6.45, 7) is 5.03. The van der Waals surface area contributed by atoms with Gasteiger partial charge in [-0.3, -0.25) is 0 Å². The van der Waals surface area contributed by atoms with Gasteiger partial charge in [0, 0.05) is 6.54 Å². The molecule has 0 aliphatic carbocycles. The predicted octanol–water partition coefficient (Wildman–Crippen LogP) is 2.80. The van der Waals surface area contributed by atoms with Crippen LogP contribution in [0.1, 0.15) is 36.5 Å². The molecule has 2 N–H and O–H groups in total. The average molecular weight is 177 g/mol. The Morgan fingerprint density at radius 3 is 2.69 bits per heavy atom. The molecule has 0 radical (unpaired) electrons. The first-order valence-electron chi connectivity index (χ1n) is 5.07. The molecular formula is C12H19N. The summed E-state index contributed by atoms with van der Waals surface area (Å²) >= 11 is 0. The van der Waals surface area contributed by atoms with Crippen molar-refractivity contribution in [2.24, 2.45) is 5.73 Å². The minimum Gasteiger partial charge on any atom is -0.326 e. The van der Waals surface area contributed by atoms with E-state index in [1.165, 1.54) is 36.0 Å². The van der Waals surface area contributed by atoms with Crippen molar-refractivity contribution in [2.75, 3.05) is 0 Å². The van der Waals surface area contributed by atoms with E-state index in [1.54, 1.807) is 0 Å². The highest BCUT2D eigenvalue weighted by Crippen LogP contribution is 2.15. The summed E-state index contributed by atoms with van der Waals surface area (Å²) in [5, 5.41) is 0. The molecule has 1 heteroatoms. The summed E-state index contributed by atoms with van der Waals surface area (Å²) in [7, 11) is 0. The summed E-state index contributed by atoms with van der Waals surface area (Å²) in [4.78, 5) is 0. The second-order valence-electron chi connectivity index (χ2n) is 3.52. The van der Waals surface area contributed by atoms with Crippen molar-refractivity contribution in [1.82, 2.24) is 0 Å². The Morgan fingerprint density at radius 2 is 2.08 bits per heavy atom. The Labute approximate surface area is 81.0 Å². The molecule has 0 amide bonds. The minimum atomic E-state index is 0.672. The number of aryl methyl sites for hydroxylation is 2. The summed E-state index contributed by atoms with van der Waals surface area (Å²) < 4.78 is 0. The van der Waals surface area contributed by atoms with E-state index < -0.39 is 0 Å². The van der Waals surface area contributed by atoms with Gasteiger partial charge in [0.2, 0.25) is 0 Å². The quantitative estimate of drug-likeness (QED) is 0.752. The molecule has 1 rings (SSSR count). The monoisotopic (exact) mass is 177 g/mol. The Balaban J connectivity index is 2.85. The molecule has 0 atom stereocenters. The van der Waals surface area contributed by atoms with E-state index in [1.807, 2.05) is 0 Å². The van der Waals surface area contributed by atoms with E-state index in [0.29, 0.717) is 6.54 Å². The molecule has 72 valence electrons. The SMILES string of the molecule is CCCCc1cccc(C)c1CN. The first-order valence-corrected chi connectivity index (χ1v) is 5.07. The molecule has 0 saturated heterocycles. The van der Waals surface area contributed by atoms with Crippen LogP contribution in [0.25, 0.3) is 0 Å². The van der Waals surface area contributed by atoms with Crippen LogP contribution in [-0.4, -0.2) is 0 Å². The fraction of sp³-hybridized carbons (Fsp3) is 0.500. The van der Waals surface area contributed by atoms with E-state index in [9.17, 15) is 0 Å². The Morgan fingerprint density at radius 1 is 1.31 bits per heavy atom. The van der Waals surface area contributed by atoms with E-state index in [4.69, 9.17) is 5.73 Å². The molecule has 1 aromatic rings. The van der Waals surface area contributed by atoms with Crippen molar-refractivity contribution in [3.63, 3.8) is 0 Å². The normalized spacial score (nSPS) is 10.4. The number of hydrogen-bond donors (Lipinski definition) is 1. The van der Waals surface area contributed by atoms with Crippen molar-refractivity contribution >= 4 is 0 Å². The van der Waals surface area contributed by atoms with Gasteiger partial charge in [-0.05, 0) is 36.5 Å². The van der Waals surface area contributed by atoms with Crippen LogP contribution in [-0.2, 0) is 13.0 Å². The van der Waals surface area contributed by atoms with Crippen LogP contribution in [0.4, 0.5) is 0 Å². The van der Waals surface area contributed by atoms with Crippen LogP contribution in [0, 0.1) is 6.92 Å². The van der Waals surface area contributed by atoms with Gasteiger partial charge < -0.3 is 5.73 Å². The van der Waals surface area contributed by atoms with Crippen LogP contribution in [0.2, 0.25) is 0 Å². The van der Waals surface area contributed by atoms with Gasteiger partial charge in [0.15, 0.2) is 0 Å². The second kappa shape index (κ2) is 5.03. The smallest absolute Gasteiger partial charge is 0.0183 e. The molecule has 0 heterocycles. The van der Waals surface area contributed by atoms with Crippen molar-refractivity contribution in [2.45, 2.75) is 39.7 Å². The second-order valence-corrected chi connectivity index (χ2v) is 3.52. The molecule has 1 aromatic carbocycles. The van der Waals surface area contributed by atoms with Gasteiger partial charge in [-0.25, -0.2) is 0 Å². The van der Waals surface area contributed by atoms with Gasteiger partial charge in [0.1, 0.15) is 0 Å². The number of benzene rings is 1. The van der Waals surface area contributed by atoms with Crippen LogP contribution in [0.3, 0.4) is 0 Å². The lowest BCUT2D eigenvalue weighted by Crippen LogP contribution is -2.04. The standard InChI is InChI=1S/C12H19N/c1-3-4-7-11-8-5-6-10(2)12(11)9-13/h5-6,8H,3-4,7,9,13H2,1-2H3. The maximum absolute atomic E-state index is 5.72. The Hall–Kier alpha value is -0.820. The number of unbranched alkanes of at least 4 members (excludes halogenated alkanes) is 1. The van der Waals surface area contributed by atoms with E-state index in [2.05, 4.69) is 32.0 Å². The van der Waals surface area contributed by atoms with Gasteiger partial charge in [0.05, 0.1) is 0 Å². The van der Waals surface area contributed by atoms with Gasteiger partial charge in [-0.2, -0.15) is 0 Å². The molecule has 0 bridgehead atoms. The van der Waals surface area contributed by atoms with Gasteiger partial charge in [-0.15, -0.1) is 0 Å². The molecule has 0 aliphatic rings. The van der Waals surface area contributed by atoms with E-state index in [0.717, 1.165) is 0 Å². The molecule has 0 aliphatic heterocycles. The number of hydrogen-bond acceptors (Lipinski definition) is 1. The van der Waals surface area contributed by atoms with Crippen molar-refractivity contribution in [3.8, 4) is 0 Å². The average Bonchev–Trinajstić information content (AvgIpc) is 2.15. The first kappa shape index (κ1) is 10.3. The molecule has 0 aromatic heterocycles. The highest BCUT2D eigenvalue weighted by molar-refractivity contribution is 5.34. The van der Waals surface area contributed by atoms with Gasteiger partial charge >= 0.3 is 0 Å². The fourth-order valence-corrected chi connectivity index (χ4v) is 1.66. The van der Waals surface area contributed by atoms with Crippen molar-refractivity contribution < 1.29 is 0 Å².